The maximum atomic E-state index is 14.8. The highest BCUT2D eigenvalue weighted by Gasteiger charge is 2.27. The van der Waals surface area contributed by atoms with Crippen LogP contribution in [-0.4, -0.2) is 19.2 Å². The van der Waals surface area contributed by atoms with Gasteiger partial charge in [0.05, 0.1) is 31.1 Å². The summed E-state index contributed by atoms with van der Waals surface area (Å²) in [6, 6.07) is 31.6. The van der Waals surface area contributed by atoms with Crippen molar-refractivity contribution in [2.75, 3.05) is 39.0 Å². The van der Waals surface area contributed by atoms with E-state index < -0.39 is 11.8 Å². The van der Waals surface area contributed by atoms with Gasteiger partial charge in [0, 0.05) is 44.4 Å². The predicted octanol–water partition coefficient (Wildman–Crippen LogP) is 15.8. The van der Waals surface area contributed by atoms with Crippen LogP contribution in [0.5, 0.6) is 5.75 Å². The first-order valence-electron chi connectivity index (χ1n) is 23.8. The second-order valence-corrected chi connectivity index (χ2v) is 18.6. The van der Waals surface area contributed by atoms with Crippen molar-refractivity contribution in [2.24, 2.45) is 0 Å². The van der Waals surface area contributed by atoms with Crippen LogP contribution >= 0.6 is 23.2 Å². The number of ether oxygens (including phenoxy) is 1. The number of hydrogen-bond acceptors (Lipinski definition) is 5. The van der Waals surface area contributed by atoms with Crippen molar-refractivity contribution in [1.82, 2.24) is 0 Å². The molecule has 0 unspecified atom stereocenters. The van der Waals surface area contributed by atoms with Crippen molar-refractivity contribution in [3.05, 3.63) is 169 Å². The zero-order chi connectivity index (χ0) is 50.7. The van der Waals surface area contributed by atoms with Gasteiger partial charge in [0.15, 0.2) is 0 Å². The topological polar surface area (TPSA) is 126 Å². The number of carbonyl (C=O) groups excluding carboxylic acids is 2. The van der Waals surface area contributed by atoms with Crippen molar-refractivity contribution in [2.45, 2.75) is 119 Å². The Morgan fingerprint density at radius 2 is 1.04 bits per heavy atom. The first-order chi connectivity index (χ1) is 32.9. The molecule has 6 aromatic carbocycles. The van der Waals surface area contributed by atoms with Gasteiger partial charge in [0.1, 0.15) is 11.6 Å². The van der Waals surface area contributed by atoms with Crippen LogP contribution in [0, 0.1) is 12.7 Å². The molecule has 6 aromatic rings. The summed E-state index contributed by atoms with van der Waals surface area (Å²) in [5, 5.41) is 7.30. The highest BCUT2D eigenvalue weighted by molar-refractivity contribution is 6.32. The number of nitrogen functional groups attached to an aromatic ring is 2. The lowest BCUT2D eigenvalue weighted by Gasteiger charge is -2.31. The minimum Gasteiger partial charge on any atom is -0.497 e. The zero-order valence-corrected chi connectivity index (χ0v) is 43.5. The molecule has 0 saturated heterocycles. The maximum Gasteiger partial charge on any atom is 0.326 e. The smallest absolute Gasteiger partial charge is 0.326 e. The van der Waals surface area contributed by atoms with Gasteiger partial charge in [-0.05, 0) is 133 Å². The summed E-state index contributed by atoms with van der Waals surface area (Å²) in [7, 11) is 1.48. The lowest BCUT2D eigenvalue weighted by molar-refractivity contribution is 0.255. The van der Waals surface area contributed by atoms with E-state index in [-0.39, 0.29) is 18.6 Å². The van der Waals surface area contributed by atoms with E-state index in [1.807, 2.05) is 69.0 Å². The number of methoxy groups -OCH3 is 1. The second kappa shape index (κ2) is 24.4. The Morgan fingerprint density at radius 3 is 1.46 bits per heavy atom. The Kier molecular flexibility index (Phi) is 19.0. The van der Waals surface area contributed by atoms with E-state index in [2.05, 4.69) is 88.6 Å². The molecular weight excluding hydrogens is 907 g/mol. The van der Waals surface area contributed by atoms with E-state index in [9.17, 15) is 14.0 Å². The predicted molar refractivity (Wildman–Crippen MR) is 290 cm³/mol. The summed E-state index contributed by atoms with van der Waals surface area (Å²) < 4.78 is 20.0. The molecule has 9 nitrogen and oxygen atoms in total. The van der Waals surface area contributed by atoms with Gasteiger partial charge in [0.25, 0.3) is 0 Å². The van der Waals surface area contributed by atoms with E-state index in [0.29, 0.717) is 81.6 Å². The first-order valence-corrected chi connectivity index (χ1v) is 24.6. The molecular formula is C57H69Cl2FN6O3. The number of hydrogen-bond donors (Lipinski definition) is 4. The van der Waals surface area contributed by atoms with Crippen molar-refractivity contribution in [3.8, 4) is 5.75 Å². The Hall–Kier alpha value is -6.23. The van der Waals surface area contributed by atoms with E-state index in [1.165, 1.54) is 29.2 Å². The Bertz CT molecular complexity index is 2650. The van der Waals surface area contributed by atoms with E-state index >= 15 is 0 Å². The second-order valence-electron chi connectivity index (χ2n) is 17.8. The average Bonchev–Trinajstić information content (AvgIpc) is 3.32. The maximum absolute atomic E-state index is 14.8. The number of rotatable bonds is 15. The lowest BCUT2D eigenvalue weighted by Crippen LogP contribution is -2.37. The Balaban J connectivity index is 0.000000258. The Morgan fingerprint density at radius 1 is 0.609 bits per heavy atom. The van der Waals surface area contributed by atoms with E-state index in [1.54, 1.807) is 24.3 Å². The number of amides is 4. The van der Waals surface area contributed by atoms with Gasteiger partial charge >= 0.3 is 12.1 Å². The molecule has 0 heterocycles. The molecule has 0 aliphatic carbocycles. The molecule has 0 aliphatic heterocycles. The highest BCUT2D eigenvalue weighted by Crippen LogP contribution is 2.38. The normalized spacial score (nSPS) is 11.5. The molecule has 0 saturated carbocycles. The van der Waals surface area contributed by atoms with Gasteiger partial charge < -0.3 is 26.8 Å². The molecule has 0 fully saturated rings. The summed E-state index contributed by atoms with van der Waals surface area (Å²) in [6.07, 6.45) is 2.64. The minimum atomic E-state index is -0.448. The van der Waals surface area contributed by atoms with Crippen LogP contribution in [0.3, 0.4) is 0 Å². The molecule has 0 bridgehead atoms. The summed E-state index contributed by atoms with van der Waals surface area (Å²) in [5.74, 6) is 0.730. The quantitative estimate of drug-likeness (QED) is 0.0763. The molecule has 1 atom stereocenters. The van der Waals surface area contributed by atoms with Crippen molar-refractivity contribution < 1.29 is 18.7 Å². The van der Waals surface area contributed by atoms with E-state index in [4.69, 9.17) is 39.4 Å². The molecule has 69 heavy (non-hydrogen) atoms. The van der Waals surface area contributed by atoms with Crippen molar-refractivity contribution >= 4 is 69.4 Å². The summed E-state index contributed by atoms with van der Waals surface area (Å²) >= 11 is 13.0. The summed E-state index contributed by atoms with van der Waals surface area (Å²) in [4.78, 5) is 30.9. The van der Waals surface area contributed by atoms with Crippen LogP contribution in [0.25, 0.3) is 0 Å². The van der Waals surface area contributed by atoms with Crippen molar-refractivity contribution in [1.29, 1.82) is 0 Å². The van der Waals surface area contributed by atoms with Gasteiger partial charge in [-0.15, -0.1) is 0 Å². The standard InChI is InChI=1S/C29H36ClN3O.C28H33ClFN3O2/c1-7-24-26(30)17-27(31)25(8-2)28(24)32-29(34)33(20(6)22-11-9-19(5)10-12-22)23-15-13-21(14-16-23)18(3)4;1-6-22-24(29)15-26(31)23(7-2)27(22)32-28(34)33(20-11-8-18(9-12-20)17(3)4)16-19-10-13-21(35-5)14-25(19)30/h9-18,20H,7-8,31H2,1-6H3,(H,32,34);8-15,17H,6-7,16,31H2,1-5H3,(H,32,34)/t20-;/m1./s1. The number of carbonyl (C=O) groups is 2. The minimum absolute atomic E-state index is 0.0294. The van der Waals surface area contributed by atoms with E-state index in [0.717, 1.165) is 44.8 Å². The molecule has 4 amide bonds. The SMILES string of the molecule is CCc1c(N)cc(Cl)c(CC)c1NC(=O)N(Cc1ccc(OC)cc1F)c1ccc(C(C)C)cc1.CCc1c(N)cc(Cl)c(CC)c1NC(=O)N(c1ccc(C(C)C)cc1)[C@H](C)c1ccc(C)cc1. The molecule has 0 aromatic heterocycles. The molecule has 6 rings (SSSR count). The molecule has 0 radical (unpaired) electrons. The number of aryl methyl sites for hydroxylation is 1. The van der Waals surface area contributed by atoms with Gasteiger partial charge in [0.2, 0.25) is 0 Å². The summed E-state index contributed by atoms with van der Waals surface area (Å²) in [5.41, 5.74) is 24.9. The number of nitrogens with zero attached hydrogens (tertiary/aromatic N) is 2. The van der Waals surface area contributed by atoms with Gasteiger partial charge in [-0.2, -0.15) is 0 Å². The highest BCUT2D eigenvalue weighted by atomic mass is 35.5. The largest absolute Gasteiger partial charge is 0.497 e. The van der Waals surface area contributed by atoms with Crippen LogP contribution in [0.4, 0.5) is 48.1 Å². The average molecular weight is 976 g/mol. The van der Waals surface area contributed by atoms with Crippen LogP contribution in [-0.2, 0) is 32.2 Å². The molecule has 12 heteroatoms. The van der Waals surface area contributed by atoms with Gasteiger partial charge in [-0.1, -0.05) is 139 Å². The molecule has 366 valence electrons. The monoisotopic (exact) mass is 974 g/mol. The van der Waals surface area contributed by atoms with Crippen LogP contribution in [0.2, 0.25) is 10.0 Å². The molecule has 6 N–H and O–H groups in total. The molecule has 0 spiro atoms. The third-order valence-electron chi connectivity index (χ3n) is 12.6. The number of benzene rings is 6. The fourth-order valence-corrected chi connectivity index (χ4v) is 9.10. The Labute approximate surface area is 419 Å². The van der Waals surface area contributed by atoms with Crippen LogP contribution < -0.4 is 36.6 Å². The van der Waals surface area contributed by atoms with Crippen LogP contribution in [0.1, 0.15) is 130 Å². The van der Waals surface area contributed by atoms with Gasteiger partial charge in [-0.25, -0.2) is 14.0 Å². The number of nitrogens with two attached hydrogens (primary N) is 2. The fourth-order valence-electron chi connectivity index (χ4n) is 8.41. The molecule has 0 aliphatic rings. The third kappa shape index (κ3) is 12.9. The third-order valence-corrected chi connectivity index (χ3v) is 13.3. The van der Waals surface area contributed by atoms with Crippen LogP contribution in [0.15, 0.2) is 103 Å². The van der Waals surface area contributed by atoms with Gasteiger partial charge in [-0.3, -0.25) is 9.80 Å². The van der Waals surface area contributed by atoms with Crippen molar-refractivity contribution in [3.63, 3.8) is 0 Å². The number of urea groups is 2. The summed E-state index contributed by atoms with van der Waals surface area (Å²) in [6.45, 7) is 20.7. The number of anilines is 6. The lowest BCUT2D eigenvalue weighted by atomic mass is 10.00. The first kappa shape index (κ1) is 53.7. The zero-order valence-electron chi connectivity index (χ0n) is 42.0. The number of nitrogens with one attached hydrogen (secondary N) is 2. The number of halogens is 3. The fraction of sp³-hybridized carbons (Fsp3) is 0.333.